The number of rotatable bonds is 10. The number of anilines is 1. The standard InChI is InChI=1S/C26H28N4O2S2.ClH/c1-4-18-14-27-24(28-15-18)30(16-20-10-7-9-19-8-5-6-11-22(19)20)13-12-21-17-33-25(29-21)34-26(2,3)23(31)32;/h5-11,14-15,17H,4,12-13,16H2,1-3H3,(H,31,32);1H. The van der Waals surface area contributed by atoms with Crippen LogP contribution in [-0.4, -0.2) is 37.3 Å². The van der Waals surface area contributed by atoms with Crippen LogP contribution >= 0.6 is 35.5 Å². The molecule has 0 saturated heterocycles. The number of thiazole rings is 1. The molecule has 35 heavy (non-hydrogen) atoms. The molecule has 2 aromatic carbocycles. The van der Waals surface area contributed by atoms with Gasteiger partial charge in [-0.15, -0.1) is 23.7 Å². The fourth-order valence-electron chi connectivity index (χ4n) is 3.54. The highest BCUT2D eigenvalue weighted by Gasteiger charge is 2.29. The number of aromatic nitrogens is 3. The lowest BCUT2D eigenvalue weighted by Gasteiger charge is -2.23. The van der Waals surface area contributed by atoms with Crippen LogP contribution < -0.4 is 4.90 Å². The Hall–Kier alpha value is -2.68. The Morgan fingerprint density at radius 2 is 1.83 bits per heavy atom. The van der Waals surface area contributed by atoms with Crippen LogP contribution in [-0.2, 0) is 24.2 Å². The largest absolute Gasteiger partial charge is 0.480 e. The van der Waals surface area contributed by atoms with Crippen molar-refractivity contribution in [2.24, 2.45) is 0 Å². The number of fused-ring (bicyclic) bond motifs is 1. The van der Waals surface area contributed by atoms with Crippen molar-refractivity contribution in [1.82, 2.24) is 15.0 Å². The van der Waals surface area contributed by atoms with Gasteiger partial charge in [-0.3, -0.25) is 4.79 Å². The van der Waals surface area contributed by atoms with Crippen LogP contribution in [0.15, 0.2) is 64.6 Å². The van der Waals surface area contributed by atoms with Gasteiger partial charge in [0, 0.05) is 37.3 Å². The summed E-state index contributed by atoms with van der Waals surface area (Å²) >= 11 is 2.77. The average Bonchev–Trinajstić information content (AvgIpc) is 3.28. The number of aliphatic carboxylic acids is 1. The number of carboxylic acid groups (broad SMARTS) is 1. The van der Waals surface area contributed by atoms with E-state index in [9.17, 15) is 9.90 Å². The molecule has 0 radical (unpaired) electrons. The van der Waals surface area contributed by atoms with Gasteiger partial charge >= 0.3 is 5.97 Å². The molecule has 2 aromatic heterocycles. The molecule has 0 spiro atoms. The summed E-state index contributed by atoms with van der Waals surface area (Å²) in [5, 5.41) is 13.8. The predicted molar refractivity (Wildman–Crippen MR) is 147 cm³/mol. The van der Waals surface area contributed by atoms with E-state index >= 15 is 0 Å². The van der Waals surface area contributed by atoms with Gasteiger partial charge in [-0.1, -0.05) is 61.2 Å². The summed E-state index contributed by atoms with van der Waals surface area (Å²) in [4.78, 5) is 27.6. The summed E-state index contributed by atoms with van der Waals surface area (Å²) in [6, 6.07) is 14.8. The molecular formula is C26H29ClN4O2S2. The molecule has 0 unspecified atom stereocenters. The maximum absolute atomic E-state index is 11.5. The van der Waals surface area contributed by atoms with Crippen molar-refractivity contribution in [2.45, 2.75) is 49.2 Å². The van der Waals surface area contributed by atoms with Crippen LogP contribution in [0, 0.1) is 0 Å². The smallest absolute Gasteiger partial charge is 0.319 e. The number of hydrogen-bond donors (Lipinski definition) is 1. The third-order valence-corrected chi connectivity index (χ3v) is 7.82. The third kappa shape index (κ3) is 6.72. The molecule has 2 heterocycles. The van der Waals surface area contributed by atoms with Crippen molar-refractivity contribution in [1.29, 1.82) is 0 Å². The maximum Gasteiger partial charge on any atom is 0.319 e. The molecule has 6 nitrogen and oxygen atoms in total. The number of carbonyl (C=O) groups is 1. The number of nitrogens with zero attached hydrogens (tertiary/aromatic N) is 4. The zero-order valence-electron chi connectivity index (χ0n) is 20.0. The summed E-state index contributed by atoms with van der Waals surface area (Å²) in [6.45, 7) is 6.87. The van der Waals surface area contributed by atoms with Gasteiger partial charge in [-0.25, -0.2) is 15.0 Å². The van der Waals surface area contributed by atoms with Crippen molar-refractivity contribution in [3.8, 4) is 0 Å². The molecule has 0 atom stereocenters. The van der Waals surface area contributed by atoms with Gasteiger partial charge in [0.25, 0.3) is 0 Å². The van der Waals surface area contributed by atoms with E-state index in [0.29, 0.717) is 25.5 Å². The summed E-state index contributed by atoms with van der Waals surface area (Å²) in [6.07, 6.45) is 5.40. The lowest BCUT2D eigenvalue weighted by atomic mass is 10.0. The highest BCUT2D eigenvalue weighted by atomic mass is 35.5. The van der Waals surface area contributed by atoms with E-state index in [1.54, 1.807) is 13.8 Å². The number of thioether (sulfide) groups is 1. The molecule has 9 heteroatoms. The zero-order valence-corrected chi connectivity index (χ0v) is 22.4. The van der Waals surface area contributed by atoms with E-state index in [4.69, 9.17) is 0 Å². The summed E-state index contributed by atoms with van der Waals surface area (Å²) in [5.41, 5.74) is 3.27. The number of carboxylic acids is 1. The van der Waals surface area contributed by atoms with E-state index in [-0.39, 0.29) is 12.4 Å². The first-order valence-corrected chi connectivity index (χ1v) is 12.9. The van der Waals surface area contributed by atoms with Gasteiger partial charge < -0.3 is 10.0 Å². The van der Waals surface area contributed by atoms with Gasteiger partial charge in [0.1, 0.15) is 4.75 Å². The molecular weight excluding hydrogens is 500 g/mol. The monoisotopic (exact) mass is 528 g/mol. The molecule has 4 aromatic rings. The molecule has 184 valence electrons. The van der Waals surface area contributed by atoms with E-state index in [0.717, 1.165) is 22.0 Å². The highest BCUT2D eigenvalue weighted by Crippen LogP contribution is 2.34. The molecule has 0 aliphatic heterocycles. The second-order valence-corrected chi connectivity index (χ2v) is 11.3. The first-order valence-electron chi connectivity index (χ1n) is 11.2. The molecule has 0 fully saturated rings. The third-order valence-electron chi connectivity index (χ3n) is 5.65. The zero-order chi connectivity index (χ0) is 24.1. The van der Waals surface area contributed by atoms with Crippen LogP contribution in [0.4, 0.5) is 5.95 Å². The first-order chi connectivity index (χ1) is 16.4. The summed E-state index contributed by atoms with van der Waals surface area (Å²) in [5.74, 6) is -0.148. The van der Waals surface area contributed by atoms with Gasteiger partial charge in [-0.2, -0.15) is 0 Å². The van der Waals surface area contributed by atoms with Gasteiger partial charge in [0.15, 0.2) is 4.34 Å². The highest BCUT2D eigenvalue weighted by molar-refractivity contribution is 8.03. The SMILES string of the molecule is CCc1cnc(N(CCc2csc(SC(C)(C)C(=O)O)n2)Cc2cccc3ccccc23)nc1.Cl. The Morgan fingerprint density at radius 3 is 2.54 bits per heavy atom. The molecule has 1 N–H and O–H groups in total. The lowest BCUT2D eigenvalue weighted by molar-refractivity contribution is -0.138. The number of benzene rings is 2. The minimum absolute atomic E-state index is 0. The quantitative estimate of drug-likeness (QED) is 0.243. The van der Waals surface area contributed by atoms with Crippen molar-refractivity contribution in [3.63, 3.8) is 0 Å². The number of halogens is 1. The van der Waals surface area contributed by atoms with Gasteiger partial charge in [0.2, 0.25) is 5.95 Å². The average molecular weight is 529 g/mol. The van der Waals surface area contributed by atoms with Crippen molar-refractivity contribution >= 4 is 58.2 Å². The van der Waals surface area contributed by atoms with E-state index in [1.165, 1.54) is 39.4 Å². The maximum atomic E-state index is 11.5. The molecule has 0 amide bonds. The Kier molecular flexibility index (Phi) is 9.10. The van der Waals surface area contributed by atoms with Crippen LogP contribution in [0.3, 0.4) is 0 Å². The van der Waals surface area contributed by atoms with Crippen LogP contribution in [0.5, 0.6) is 0 Å². The Bertz CT molecular complexity index is 1270. The molecule has 0 aliphatic carbocycles. The van der Waals surface area contributed by atoms with Crippen LogP contribution in [0.1, 0.15) is 37.6 Å². The van der Waals surface area contributed by atoms with E-state index in [1.807, 2.05) is 17.8 Å². The molecule has 0 aliphatic rings. The van der Waals surface area contributed by atoms with Crippen LogP contribution in [0.25, 0.3) is 10.8 Å². The molecule has 0 bridgehead atoms. The predicted octanol–water partition coefficient (Wildman–Crippen LogP) is 6.28. The second kappa shape index (κ2) is 11.8. The van der Waals surface area contributed by atoms with Gasteiger partial charge in [-0.05, 0) is 42.2 Å². The van der Waals surface area contributed by atoms with Crippen molar-refractivity contribution in [3.05, 3.63) is 77.1 Å². The van der Waals surface area contributed by atoms with E-state index < -0.39 is 10.7 Å². The topological polar surface area (TPSA) is 79.2 Å². The normalized spacial score (nSPS) is 11.3. The van der Waals surface area contributed by atoms with Gasteiger partial charge in [0.05, 0.1) is 5.69 Å². The lowest BCUT2D eigenvalue weighted by Crippen LogP contribution is -2.27. The summed E-state index contributed by atoms with van der Waals surface area (Å²) < 4.78 is -0.142. The summed E-state index contributed by atoms with van der Waals surface area (Å²) in [7, 11) is 0. The Balaban J connectivity index is 0.00000342. The Morgan fingerprint density at radius 1 is 1.11 bits per heavy atom. The van der Waals surface area contributed by atoms with Crippen molar-refractivity contribution in [2.75, 3.05) is 11.4 Å². The Labute approximate surface area is 220 Å². The first kappa shape index (κ1) is 26.9. The van der Waals surface area contributed by atoms with Crippen molar-refractivity contribution < 1.29 is 9.90 Å². The second-order valence-electron chi connectivity index (χ2n) is 8.58. The molecule has 4 rings (SSSR count). The van der Waals surface area contributed by atoms with E-state index in [2.05, 4.69) is 69.2 Å². The minimum Gasteiger partial charge on any atom is -0.480 e. The molecule has 0 saturated carbocycles. The fourth-order valence-corrected chi connectivity index (χ4v) is 5.77. The van der Waals surface area contributed by atoms with Crippen LogP contribution in [0.2, 0.25) is 0 Å². The fraction of sp³-hybridized carbons (Fsp3) is 0.308. The minimum atomic E-state index is -0.912. The number of aryl methyl sites for hydroxylation is 1. The number of hydrogen-bond acceptors (Lipinski definition) is 7.